The number of carbonyl (C=O) groups is 1. The summed E-state index contributed by atoms with van der Waals surface area (Å²) in [5, 5.41) is 11.2. The highest BCUT2D eigenvalue weighted by atomic mass is 16.2. The summed E-state index contributed by atoms with van der Waals surface area (Å²) in [6.07, 6.45) is 4.41. The maximum atomic E-state index is 11.5. The van der Waals surface area contributed by atoms with Crippen LogP contribution < -0.4 is 5.32 Å². The Kier molecular flexibility index (Phi) is 4.23. The Labute approximate surface area is 88.2 Å². The maximum Gasteiger partial charge on any atom is 0.244 e. The largest absolute Gasteiger partial charge is 0.293 e. The first-order chi connectivity index (χ1) is 7.27. The molecule has 1 aromatic rings. The molecule has 0 aliphatic heterocycles. The van der Waals surface area contributed by atoms with Crippen LogP contribution in [-0.4, -0.2) is 15.9 Å². The Bertz CT molecular complexity index is 357. The lowest BCUT2D eigenvalue weighted by Crippen LogP contribution is -2.22. The molecule has 1 aromatic heterocycles. The normalized spacial score (nSPS) is 11.5. The summed E-state index contributed by atoms with van der Waals surface area (Å²) in [7, 11) is 0. The first-order valence-corrected chi connectivity index (χ1v) is 4.75. The number of amides is 1. The molecule has 0 aromatic carbocycles. The highest BCUT2D eigenvalue weighted by Gasteiger charge is 2.17. The quantitative estimate of drug-likeness (QED) is 0.803. The van der Waals surface area contributed by atoms with Crippen molar-refractivity contribution >= 4 is 11.9 Å². The second-order valence-corrected chi connectivity index (χ2v) is 3.03. The molecule has 0 saturated carbocycles. The van der Waals surface area contributed by atoms with Gasteiger partial charge in [-0.1, -0.05) is 13.3 Å². The molecular weight excluding hydrogens is 192 g/mol. The van der Waals surface area contributed by atoms with E-state index in [4.69, 9.17) is 5.26 Å². The lowest BCUT2D eigenvalue weighted by Gasteiger charge is -2.06. The third-order valence-corrected chi connectivity index (χ3v) is 1.85. The summed E-state index contributed by atoms with van der Waals surface area (Å²) in [5.74, 6) is -0.733. The number of nitrogens with zero attached hydrogens (tertiary/aromatic N) is 3. The van der Waals surface area contributed by atoms with E-state index < -0.39 is 5.92 Å². The highest BCUT2D eigenvalue weighted by Crippen LogP contribution is 2.07. The van der Waals surface area contributed by atoms with Gasteiger partial charge in [-0.15, -0.1) is 0 Å². The average molecular weight is 204 g/mol. The lowest BCUT2D eigenvalue weighted by atomic mass is 10.1. The molecule has 0 saturated heterocycles. The van der Waals surface area contributed by atoms with Crippen molar-refractivity contribution in [2.75, 3.05) is 5.32 Å². The van der Waals surface area contributed by atoms with Gasteiger partial charge in [-0.2, -0.15) is 5.26 Å². The molecule has 1 heterocycles. The lowest BCUT2D eigenvalue weighted by molar-refractivity contribution is -0.118. The van der Waals surface area contributed by atoms with Crippen LogP contribution in [0.3, 0.4) is 0 Å². The minimum absolute atomic E-state index is 0.235. The fraction of sp³-hybridized carbons (Fsp3) is 0.400. The molecule has 15 heavy (non-hydrogen) atoms. The summed E-state index contributed by atoms with van der Waals surface area (Å²) in [6, 6.07) is 3.61. The van der Waals surface area contributed by atoms with Crippen molar-refractivity contribution in [2.24, 2.45) is 5.92 Å². The number of aromatic nitrogens is 2. The van der Waals surface area contributed by atoms with Crippen LogP contribution in [0, 0.1) is 17.2 Å². The Hall–Kier alpha value is -1.96. The van der Waals surface area contributed by atoms with Crippen LogP contribution in [0.25, 0.3) is 0 Å². The van der Waals surface area contributed by atoms with Crippen molar-refractivity contribution in [3.8, 4) is 6.07 Å². The molecule has 0 aliphatic carbocycles. The van der Waals surface area contributed by atoms with Crippen molar-refractivity contribution in [3.63, 3.8) is 0 Å². The molecule has 1 atom stereocenters. The molecular formula is C10H12N4O. The molecule has 0 spiro atoms. The smallest absolute Gasteiger partial charge is 0.244 e. The monoisotopic (exact) mass is 204 g/mol. The fourth-order valence-corrected chi connectivity index (χ4v) is 1.10. The molecule has 5 heteroatoms. The minimum Gasteiger partial charge on any atom is -0.293 e. The van der Waals surface area contributed by atoms with Gasteiger partial charge in [0.15, 0.2) is 0 Å². The molecule has 1 amide bonds. The average Bonchev–Trinajstić information content (AvgIpc) is 2.27. The first-order valence-electron chi connectivity index (χ1n) is 4.75. The van der Waals surface area contributed by atoms with Gasteiger partial charge < -0.3 is 0 Å². The first kappa shape index (κ1) is 11.1. The van der Waals surface area contributed by atoms with Crippen molar-refractivity contribution in [1.29, 1.82) is 5.26 Å². The number of rotatable bonds is 4. The maximum absolute atomic E-state index is 11.5. The SMILES string of the molecule is CCCC(C#N)C(=O)Nc1ncccn1. The van der Waals surface area contributed by atoms with E-state index in [2.05, 4.69) is 15.3 Å². The number of carbonyl (C=O) groups excluding carboxylic acids is 1. The third-order valence-electron chi connectivity index (χ3n) is 1.85. The topological polar surface area (TPSA) is 78.7 Å². The molecule has 5 nitrogen and oxygen atoms in total. The Balaban J connectivity index is 2.59. The third kappa shape index (κ3) is 3.35. The zero-order valence-corrected chi connectivity index (χ0v) is 8.47. The zero-order valence-electron chi connectivity index (χ0n) is 8.47. The van der Waals surface area contributed by atoms with Gasteiger partial charge in [0.25, 0.3) is 0 Å². The Morgan fingerprint density at radius 3 is 2.80 bits per heavy atom. The molecule has 1 unspecified atom stereocenters. The van der Waals surface area contributed by atoms with Gasteiger partial charge in [-0.25, -0.2) is 9.97 Å². The van der Waals surface area contributed by atoms with E-state index in [-0.39, 0.29) is 11.9 Å². The van der Waals surface area contributed by atoms with E-state index in [9.17, 15) is 4.79 Å². The van der Waals surface area contributed by atoms with Gasteiger partial charge in [-0.05, 0) is 12.5 Å². The van der Waals surface area contributed by atoms with E-state index in [0.717, 1.165) is 6.42 Å². The van der Waals surface area contributed by atoms with Gasteiger partial charge in [0.2, 0.25) is 11.9 Å². The van der Waals surface area contributed by atoms with Gasteiger partial charge in [0.1, 0.15) is 5.92 Å². The Morgan fingerprint density at radius 2 is 2.27 bits per heavy atom. The van der Waals surface area contributed by atoms with Gasteiger partial charge in [-0.3, -0.25) is 10.1 Å². The highest BCUT2D eigenvalue weighted by molar-refractivity contribution is 5.92. The minimum atomic E-state index is -0.626. The number of hydrogen-bond donors (Lipinski definition) is 1. The predicted octanol–water partition coefficient (Wildman–Crippen LogP) is 1.35. The van der Waals surface area contributed by atoms with Gasteiger partial charge >= 0.3 is 0 Å². The van der Waals surface area contributed by atoms with Crippen molar-refractivity contribution in [3.05, 3.63) is 18.5 Å². The fourth-order valence-electron chi connectivity index (χ4n) is 1.10. The summed E-state index contributed by atoms with van der Waals surface area (Å²) in [5.41, 5.74) is 0. The van der Waals surface area contributed by atoms with Crippen LogP contribution >= 0.6 is 0 Å². The van der Waals surface area contributed by atoms with Crippen molar-refractivity contribution in [2.45, 2.75) is 19.8 Å². The second-order valence-electron chi connectivity index (χ2n) is 3.03. The van der Waals surface area contributed by atoms with Crippen LogP contribution in [0.1, 0.15) is 19.8 Å². The molecule has 0 bridgehead atoms. The van der Waals surface area contributed by atoms with Crippen LogP contribution in [0.5, 0.6) is 0 Å². The van der Waals surface area contributed by atoms with Crippen LogP contribution in [0.15, 0.2) is 18.5 Å². The predicted molar refractivity (Wildman–Crippen MR) is 54.7 cm³/mol. The Morgan fingerprint density at radius 1 is 1.60 bits per heavy atom. The molecule has 0 aliphatic rings. The van der Waals surface area contributed by atoms with Crippen molar-refractivity contribution < 1.29 is 4.79 Å². The molecule has 1 N–H and O–H groups in total. The number of anilines is 1. The molecule has 78 valence electrons. The molecule has 0 radical (unpaired) electrons. The van der Waals surface area contributed by atoms with E-state index in [1.807, 2.05) is 13.0 Å². The van der Waals surface area contributed by atoms with Gasteiger partial charge in [0.05, 0.1) is 6.07 Å². The van der Waals surface area contributed by atoms with Gasteiger partial charge in [0, 0.05) is 12.4 Å². The van der Waals surface area contributed by atoms with Crippen LogP contribution in [0.2, 0.25) is 0 Å². The molecule has 1 rings (SSSR count). The summed E-state index contributed by atoms with van der Waals surface area (Å²) >= 11 is 0. The summed E-state index contributed by atoms with van der Waals surface area (Å²) < 4.78 is 0. The standard InChI is InChI=1S/C10H12N4O/c1-2-4-8(7-11)9(15)14-10-12-5-3-6-13-10/h3,5-6,8H,2,4H2,1H3,(H,12,13,14,15). The number of nitriles is 1. The number of nitrogens with one attached hydrogen (secondary N) is 1. The van der Waals surface area contributed by atoms with E-state index in [1.165, 1.54) is 12.4 Å². The van der Waals surface area contributed by atoms with Crippen LogP contribution in [0.4, 0.5) is 5.95 Å². The zero-order chi connectivity index (χ0) is 11.1. The van der Waals surface area contributed by atoms with E-state index >= 15 is 0 Å². The van der Waals surface area contributed by atoms with E-state index in [0.29, 0.717) is 6.42 Å². The molecule has 0 fully saturated rings. The summed E-state index contributed by atoms with van der Waals surface area (Å²) in [4.78, 5) is 19.2. The second kappa shape index (κ2) is 5.70. The van der Waals surface area contributed by atoms with E-state index in [1.54, 1.807) is 6.07 Å². The summed E-state index contributed by atoms with van der Waals surface area (Å²) in [6.45, 7) is 1.93. The van der Waals surface area contributed by atoms with Crippen molar-refractivity contribution in [1.82, 2.24) is 9.97 Å². The number of hydrogen-bond acceptors (Lipinski definition) is 4. The van der Waals surface area contributed by atoms with Crippen LogP contribution in [-0.2, 0) is 4.79 Å².